The molecule has 0 bridgehead atoms. The zero-order valence-electron chi connectivity index (χ0n) is 12.2. The van der Waals surface area contributed by atoms with E-state index < -0.39 is 24.6 Å². The van der Waals surface area contributed by atoms with Crippen LogP contribution in [0.15, 0.2) is 24.3 Å². The molecule has 0 saturated carbocycles. The molecule has 0 aromatic heterocycles. The highest BCUT2D eigenvalue weighted by atomic mass is 19.4. The van der Waals surface area contributed by atoms with Gasteiger partial charge in [-0.15, -0.1) is 0 Å². The van der Waals surface area contributed by atoms with Gasteiger partial charge in [0, 0.05) is 25.9 Å². The van der Waals surface area contributed by atoms with Gasteiger partial charge in [-0.25, -0.2) is 0 Å². The average Bonchev–Trinajstić information content (AvgIpc) is 2.47. The van der Waals surface area contributed by atoms with Crippen molar-refractivity contribution in [2.75, 3.05) is 20.2 Å². The molecule has 4 nitrogen and oxygen atoms in total. The van der Waals surface area contributed by atoms with E-state index in [0.29, 0.717) is 5.75 Å². The molecule has 0 atom stereocenters. The summed E-state index contributed by atoms with van der Waals surface area (Å²) < 4.78 is 43.2. The molecule has 1 aromatic carbocycles. The van der Waals surface area contributed by atoms with Crippen LogP contribution in [0.3, 0.4) is 0 Å². The van der Waals surface area contributed by atoms with Crippen LogP contribution in [0, 0.1) is 0 Å². The fourth-order valence-electron chi connectivity index (χ4n) is 2.48. The number of hydrogen-bond donors (Lipinski definition) is 1. The first-order valence-corrected chi connectivity index (χ1v) is 6.95. The Kier molecular flexibility index (Phi) is 4.65. The Balaban J connectivity index is 1.95. The Bertz CT molecular complexity index is 537. The number of carbonyl (C=O) groups excluding carboxylic acids is 1. The molecule has 7 heteroatoms. The number of likely N-dealkylation sites (tertiary alicyclic amines) is 1. The lowest BCUT2D eigenvalue weighted by atomic mass is 9.90. The van der Waals surface area contributed by atoms with E-state index in [9.17, 15) is 23.1 Å². The van der Waals surface area contributed by atoms with Crippen LogP contribution in [0.5, 0.6) is 5.75 Å². The number of benzene rings is 1. The molecule has 22 heavy (non-hydrogen) atoms. The van der Waals surface area contributed by atoms with E-state index in [1.165, 1.54) is 12.0 Å². The number of nitrogens with zero attached hydrogens (tertiary/aromatic N) is 1. The summed E-state index contributed by atoms with van der Waals surface area (Å²) in [4.78, 5) is 13.5. The molecule has 2 rings (SSSR count). The second-order valence-electron chi connectivity index (χ2n) is 5.44. The molecule has 1 aliphatic rings. The molecule has 1 amide bonds. The maximum atomic E-state index is 12.7. The molecule has 1 N–H and O–H groups in total. The summed E-state index contributed by atoms with van der Waals surface area (Å²) in [6.07, 6.45) is -5.53. The second kappa shape index (κ2) is 6.16. The van der Waals surface area contributed by atoms with E-state index in [4.69, 9.17) is 4.74 Å². The van der Waals surface area contributed by atoms with Gasteiger partial charge in [-0.05, 0) is 17.7 Å². The van der Waals surface area contributed by atoms with Crippen LogP contribution in [0.1, 0.15) is 18.4 Å². The quantitative estimate of drug-likeness (QED) is 0.929. The predicted molar refractivity (Wildman–Crippen MR) is 73.5 cm³/mol. The van der Waals surface area contributed by atoms with Crippen molar-refractivity contribution in [1.29, 1.82) is 0 Å². The molecular formula is C15H18F3NO3. The molecule has 0 spiro atoms. The number of methoxy groups -OCH3 is 1. The molecule has 1 aliphatic heterocycles. The summed E-state index contributed by atoms with van der Waals surface area (Å²) in [6, 6.07) is 6.97. The summed E-state index contributed by atoms with van der Waals surface area (Å²) in [5, 5.41) is 9.59. The van der Waals surface area contributed by atoms with Gasteiger partial charge in [0.15, 0.2) is 5.60 Å². The minimum Gasteiger partial charge on any atom is -0.497 e. The molecule has 122 valence electrons. The number of halogens is 3. The average molecular weight is 317 g/mol. The number of rotatable bonds is 3. The van der Waals surface area contributed by atoms with Crippen LogP contribution in [-0.2, 0) is 11.2 Å². The molecule has 1 heterocycles. The van der Waals surface area contributed by atoms with Crippen molar-refractivity contribution in [2.24, 2.45) is 0 Å². The Morgan fingerprint density at radius 3 is 2.55 bits per heavy atom. The van der Waals surface area contributed by atoms with E-state index in [0.717, 1.165) is 5.56 Å². The summed E-state index contributed by atoms with van der Waals surface area (Å²) in [5.74, 6) is 0.368. The fraction of sp³-hybridized carbons (Fsp3) is 0.533. The third-order valence-corrected chi connectivity index (χ3v) is 3.96. The maximum absolute atomic E-state index is 12.7. The van der Waals surface area contributed by atoms with Gasteiger partial charge < -0.3 is 14.7 Å². The van der Waals surface area contributed by atoms with Crippen molar-refractivity contribution in [1.82, 2.24) is 4.90 Å². The highest BCUT2D eigenvalue weighted by Gasteiger charge is 2.54. The van der Waals surface area contributed by atoms with Crippen LogP contribution >= 0.6 is 0 Å². The molecule has 0 radical (unpaired) electrons. The van der Waals surface area contributed by atoms with Gasteiger partial charge in [-0.1, -0.05) is 12.1 Å². The zero-order valence-corrected chi connectivity index (χ0v) is 12.2. The number of piperidine rings is 1. The number of alkyl halides is 3. The molecule has 1 saturated heterocycles. The molecular weight excluding hydrogens is 299 g/mol. The third kappa shape index (κ3) is 3.52. The van der Waals surface area contributed by atoms with Crippen LogP contribution in [-0.4, -0.2) is 47.9 Å². The molecule has 1 fully saturated rings. The summed E-state index contributed by atoms with van der Waals surface area (Å²) >= 11 is 0. The highest BCUT2D eigenvalue weighted by molar-refractivity contribution is 5.79. The first-order chi connectivity index (χ1) is 10.2. The van der Waals surface area contributed by atoms with E-state index >= 15 is 0 Å². The van der Waals surface area contributed by atoms with E-state index in [1.54, 1.807) is 24.3 Å². The topological polar surface area (TPSA) is 49.8 Å². The van der Waals surface area contributed by atoms with Gasteiger partial charge in [0.1, 0.15) is 5.75 Å². The lowest BCUT2D eigenvalue weighted by molar-refractivity contribution is -0.272. The largest absolute Gasteiger partial charge is 0.497 e. The summed E-state index contributed by atoms with van der Waals surface area (Å²) in [7, 11) is 1.52. The number of ether oxygens (including phenoxy) is 1. The Morgan fingerprint density at radius 2 is 2.00 bits per heavy atom. The van der Waals surface area contributed by atoms with Crippen LogP contribution in [0.4, 0.5) is 13.2 Å². The number of carbonyl (C=O) groups is 1. The van der Waals surface area contributed by atoms with E-state index in [-0.39, 0.29) is 25.4 Å². The predicted octanol–water partition coefficient (Wildman–Crippen LogP) is 2.15. The van der Waals surface area contributed by atoms with Gasteiger partial charge in [-0.2, -0.15) is 13.2 Å². The van der Waals surface area contributed by atoms with Gasteiger partial charge in [0.05, 0.1) is 13.5 Å². The van der Waals surface area contributed by atoms with E-state index in [1.807, 2.05) is 0 Å². The Morgan fingerprint density at radius 1 is 1.36 bits per heavy atom. The lowest BCUT2D eigenvalue weighted by Gasteiger charge is -2.39. The van der Waals surface area contributed by atoms with Crippen LogP contribution in [0.2, 0.25) is 0 Å². The number of aliphatic hydroxyl groups is 1. The first-order valence-electron chi connectivity index (χ1n) is 6.95. The van der Waals surface area contributed by atoms with Crippen molar-refractivity contribution < 1.29 is 27.8 Å². The zero-order chi connectivity index (χ0) is 16.4. The third-order valence-electron chi connectivity index (χ3n) is 3.96. The minimum atomic E-state index is -4.66. The monoisotopic (exact) mass is 317 g/mol. The normalized spacial score (nSPS) is 18.1. The van der Waals surface area contributed by atoms with Gasteiger partial charge in [0.2, 0.25) is 5.91 Å². The fourth-order valence-corrected chi connectivity index (χ4v) is 2.48. The second-order valence-corrected chi connectivity index (χ2v) is 5.44. The number of amides is 1. The summed E-state index contributed by atoms with van der Waals surface area (Å²) in [6.45, 7) is -0.197. The Labute approximate surface area is 126 Å². The van der Waals surface area contributed by atoms with Crippen molar-refractivity contribution in [3.63, 3.8) is 0 Å². The van der Waals surface area contributed by atoms with Crippen molar-refractivity contribution >= 4 is 5.91 Å². The summed E-state index contributed by atoms with van der Waals surface area (Å²) in [5.41, 5.74) is -1.94. The van der Waals surface area contributed by atoms with E-state index in [2.05, 4.69) is 0 Å². The molecule has 1 aromatic rings. The maximum Gasteiger partial charge on any atom is 0.417 e. The smallest absolute Gasteiger partial charge is 0.417 e. The van der Waals surface area contributed by atoms with Gasteiger partial charge in [-0.3, -0.25) is 4.79 Å². The first kappa shape index (κ1) is 16.6. The number of hydrogen-bond acceptors (Lipinski definition) is 3. The van der Waals surface area contributed by atoms with Crippen LogP contribution in [0.25, 0.3) is 0 Å². The standard InChI is InChI=1S/C15H18F3NO3/c1-22-12-4-2-3-11(9-12)10-13(20)19-7-5-14(21,6-8-19)15(16,17)18/h2-4,9,21H,5-8,10H2,1H3. The van der Waals surface area contributed by atoms with Crippen molar-refractivity contribution in [3.05, 3.63) is 29.8 Å². The highest BCUT2D eigenvalue weighted by Crippen LogP contribution is 2.38. The van der Waals surface area contributed by atoms with Crippen LogP contribution < -0.4 is 4.74 Å². The minimum absolute atomic E-state index is 0.0984. The lowest BCUT2D eigenvalue weighted by Crippen LogP contribution is -2.54. The molecule has 0 aliphatic carbocycles. The van der Waals surface area contributed by atoms with Crippen molar-refractivity contribution in [3.8, 4) is 5.75 Å². The van der Waals surface area contributed by atoms with Gasteiger partial charge >= 0.3 is 6.18 Å². The molecule has 0 unspecified atom stereocenters. The van der Waals surface area contributed by atoms with Gasteiger partial charge in [0.25, 0.3) is 0 Å². The van der Waals surface area contributed by atoms with Crippen molar-refractivity contribution in [2.45, 2.75) is 31.0 Å². The SMILES string of the molecule is COc1cccc(CC(=O)N2CCC(O)(C(F)(F)F)CC2)c1. The Hall–Kier alpha value is -1.76.